The molecule has 2 rings (SSSR count). The minimum atomic E-state index is -4.38. The third-order valence-corrected chi connectivity index (χ3v) is 3.81. The molecule has 96 valence electrons. The molecule has 0 radical (unpaired) electrons. The highest BCUT2D eigenvalue weighted by Gasteiger charge is 2.35. The maximum atomic E-state index is 12.3. The van der Waals surface area contributed by atoms with Gasteiger partial charge in [0.05, 0.1) is 0 Å². The van der Waals surface area contributed by atoms with Crippen molar-refractivity contribution in [2.24, 2.45) is 11.8 Å². The average molecular weight is 266 g/mol. The maximum absolute atomic E-state index is 12.3. The standard InChI is InChI=1S/C9H13F3N4S/c10-9(11,12)8-15-14-7(17-8)5-6-1-3-16(13)4-2-6/h6H,1-5,13H2. The highest BCUT2D eigenvalue weighted by Crippen LogP contribution is 2.32. The first-order chi connectivity index (χ1) is 7.95. The smallest absolute Gasteiger partial charge is 0.269 e. The molecule has 0 spiro atoms. The van der Waals surface area contributed by atoms with Crippen LogP contribution in [-0.4, -0.2) is 28.3 Å². The lowest BCUT2D eigenvalue weighted by atomic mass is 9.95. The van der Waals surface area contributed by atoms with Crippen molar-refractivity contribution >= 4 is 11.3 Å². The lowest BCUT2D eigenvalue weighted by Gasteiger charge is -2.27. The summed E-state index contributed by atoms with van der Waals surface area (Å²) in [5, 5.41) is 8.12. The molecular formula is C9H13F3N4S. The zero-order valence-electron chi connectivity index (χ0n) is 9.07. The minimum absolute atomic E-state index is 0.365. The normalized spacial score (nSPS) is 19.8. The quantitative estimate of drug-likeness (QED) is 0.828. The Labute approximate surface area is 101 Å². The second-order valence-corrected chi connectivity index (χ2v) is 5.24. The molecule has 0 amide bonds. The number of halogens is 3. The molecule has 4 nitrogen and oxygen atoms in total. The second kappa shape index (κ2) is 4.87. The van der Waals surface area contributed by atoms with Crippen molar-refractivity contribution in [2.45, 2.75) is 25.4 Å². The van der Waals surface area contributed by atoms with Crippen molar-refractivity contribution in [3.05, 3.63) is 10.0 Å². The number of aromatic nitrogens is 2. The number of nitrogens with zero attached hydrogens (tertiary/aromatic N) is 3. The number of rotatable bonds is 2. The number of hydrogen-bond donors (Lipinski definition) is 1. The SMILES string of the molecule is NN1CCC(Cc2nnc(C(F)(F)F)s2)CC1. The van der Waals surface area contributed by atoms with Gasteiger partial charge in [0.25, 0.3) is 0 Å². The van der Waals surface area contributed by atoms with E-state index in [0.29, 0.717) is 28.7 Å². The fourth-order valence-corrected chi connectivity index (χ4v) is 2.68. The molecule has 8 heteroatoms. The van der Waals surface area contributed by atoms with Gasteiger partial charge in [-0.1, -0.05) is 11.3 Å². The topological polar surface area (TPSA) is 55.0 Å². The zero-order chi connectivity index (χ0) is 12.5. The Morgan fingerprint density at radius 3 is 2.47 bits per heavy atom. The van der Waals surface area contributed by atoms with Crippen LogP contribution >= 0.6 is 11.3 Å². The lowest BCUT2D eigenvalue weighted by Crippen LogP contribution is -2.39. The van der Waals surface area contributed by atoms with E-state index < -0.39 is 11.2 Å². The zero-order valence-corrected chi connectivity index (χ0v) is 9.89. The molecule has 0 saturated carbocycles. The molecule has 0 unspecified atom stereocenters. The Morgan fingerprint density at radius 1 is 1.29 bits per heavy atom. The van der Waals surface area contributed by atoms with E-state index in [-0.39, 0.29) is 0 Å². The molecule has 2 heterocycles. The molecule has 1 saturated heterocycles. The van der Waals surface area contributed by atoms with E-state index in [2.05, 4.69) is 10.2 Å². The van der Waals surface area contributed by atoms with Gasteiger partial charge in [0, 0.05) is 19.5 Å². The molecule has 17 heavy (non-hydrogen) atoms. The van der Waals surface area contributed by atoms with E-state index in [4.69, 9.17) is 5.84 Å². The highest BCUT2D eigenvalue weighted by molar-refractivity contribution is 7.11. The van der Waals surface area contributed by atoms with Crippen LogP contribution < -0.4 is 5.84 Å². The monoisotopic (exact) mass is 266 g/mol. The Kier molecular flexibility index (Phi) is 3.64. The second-order valence-electron chi connectivity index (χ2n) is 4.18. The van der Waals surface area contributed by atoms with Gasteiger partial charge in [0.15, 0.2) is 0 Å². The third-order valence-electron chi connectivity index (χ3n) is 2.82. The Hall–Kier alpha value is -0.730. The van der Waals surface area contributed by atoms with Crippen LogP contribution in [0.3, 0.4) is 0 Å². The molecular weight excluding hydrogens is 253 g/mol. The molecule has 1 aromatic rings. The summed E-state index contributed by atoms with van der Waals surface area (Å²) in [6.45, 7) is 1.57. The van der Waals surface area contributed by atoms with Crippen molar-refractivity contribution in [2.75, 3.05) is 13.1 Å². The van der Waals surface area contributed by atoms with Crippen LogP contribution in [0.25, 0.3) is 0 Å². The summed E-state index contributed by atoms with van der Waals surface area (Å²) < 4.78 is 36.9. The van der Waals surface area contributed by atoms with Gasteiger partial charge in [-0.15, -0.1) is 10.2 Å². The van der Waals surface area contributed by atoms with E-state index in [1.807, 2.05) is 0 Å². The van der Waals surface area contributed by atoms with Crippen molar-refractivity contribution in [1.29, 1.82) is 0 Å². The summed E-state index contributed by atoms with van der Waals surface area (Å²) >= 11 is 0.642. The van der Waals surface area contributed by atoms with E-state index in [9.17, 15) is 13.2 Å². The van der Waals surface area contributed by atoms with Crippen molar-refractivity contribution in [3.8, 4) is 0 Å². The van der Waals surface area contributed by atoms with Gasteiger partial charge in [-0.05, 0) is 18.8 Å². The predicted molar refractivity (Wildman–Crippen MR) is 57.1 cm³/mol. The van der Waals surface area contributed by atoms with Gasteiger partial charge < -0.3 is 0 Å². The van der Waals surface area contributed by atoms with E-state index in [1.54, 1.807) is 5.01 Å². The van der Waals surface area contributed by atoms with Gasteiger partial charge in [0.2, 0.25) is 5.01 Å². The number of hydrogen-bond acceptors (Lipinski definition) is 5. The molecule has 0 aromatic carbocycles. The van der Waals surface area contributed by atoms with Crippen LogP contribution in [0.5, 0.6) is 0 Å². The summed E-state index contributed by atoms with van der Waals surface area (Å²) in [6.07, 6.45) is -2.01. The van der Waals surface area contributed by atoms with Crippen LogP contribution in [0.15, 0.2) is 0 Å². The Morgan fingerprint density at radius 2 is 1.94 bits per heavy atom. The number of nitrogens with two attached hydrogens (primary N) is 1. The molecule has 1 fully saturated rings. The molecule has 0 aliphatic carbocycles. The van der Waals surface area contributed by atoms with Gasteiger partial charge in [-0.3, -0.25) is 5.84 Å². The summed E-state index contributed by atoms with van der Waals surface area (Å²) in [6, 6.07) is 0. The van der Waals surface area contributed by atoms with Crippen LogP contribution in [-0.2, 0) is 12.6 Å². The van der Waals surface area contributed by atoms with Crippen LogP contribution in [0.1, 0.15) is 22.9 Å². The minimum Gasteiger partial charge on any atom is -0.269 e. The molecule has 0 atom stereocenters. The molecule has 1 aliphatic heterocycles. The highest BCUT2D eigenvalue weighted by atomic mass is 32.1. The van der Waals surface area contributed by atoms with Gasteiger partial charge in [-0.2, -0.15) is 13.2 Å². The third kappa shape index (κ3) is 3.36. The molecule has 0 bridgehead atoms. The first kappa shape index (κ1) is 12.7. The first-order valence-electron chi connectivity index (χ1n) is 5.34. The van der Waals surface area contributed by atoms with Gasteiger partial charge in [-0.25, -0.2) is 5.01 Å². The van der Waals surface area contributed by atoms with Crippen LogP contribution in [0.4, 0.5) is 13.2 Å². The van der Waals surface area contributed by atoms with Gasteiger partial charge >= 0.3 is 6.18 Å². The molecule has 2 N–H and O–H groups in total. The number of alkyl halides is 3. The maximum Gasteiger partial charge on any atom is 0.445 e. The van der Waals surface area contributed by atoms with Crippen molar-refractivity contribution in [3.63, 3.8) is 0 Å². The number of piperidine rings is 1. The summed E-state index contributed by atoms with van der Waals surface area (Å²) in [7, 11) is 0. The predicted octanol–water partition coefficient (Wildman–Crippen LogP) is 1.69. The van der Waals surface area contributed by atoms with E-state index in [1.165, 1.54) is 0 Å². The Balaban J connectivity index is 1.93. The lowest BCUT2D eigenvalue weighted by molar-refractivity contribution is -0.138. The average Bonchev–Trinajstić information content (AvgIpc) is 2.69. The van der Waals surface area contributed by atoms with Crippen LogP contribution in [0.2, 0.25) is 0 Å². The summed E-state index contributed by atoms with van der Waals surface area (Å²) in [4.78, 5) is 0. The van der Waals surface area contributed by atoms with Crippen molar-refractivity contribution < 1.29 is 13.2 Å². The summed E-state index contributed by atoms with van der Waals surface area (Å²) in [5.74, 6) is 5.98. The fourth-order valence-electron chi connectivity index (χ4n) is 1.85. The first-order valence-corrected chi connectivity index (χ1v) is 6.16. The van der Waals surface area contributed by atoms with Crippen molar-refractivity contribution in [1.82, 2.24) is 15.2 Å². The molecule has 1 aromatic heterocycles. The van der Waals surface area contributed by atoms with E-state index in [0.717, 1.165) is 25.9 Å². The van der Waals surface area contributed by atoms with E-state index >= 15 is 0 Å². The van der Waals surface area contributed by atoms with Gasteiger partial charge in [0.1, 0.15) is 5.01 Å². The summed E-state index contributed by atoms with van der Waals surface area (Å²) in [5.41, 5.74) is 0. The number of hydrazine groups is 1. The fraction of sp³-hybridized carbons (Fsp3) is 0.778. The van der Waals surface area contributed by atoms with Crippen LogP contribution in [0, 0.1) is 5.92 Å². The molecule has 1 aliphatic rings. The largest absolute Gasteiger partial charge is 0.445 e. The Bertz CT molecular complexity index is 371.